The van der Waals surface area contributed by atoms with E-state index in [0.717, 1.165) is 5.56 Å². The van der Waals surface area contributed by atoms with Gasteiger partial charge in [0, 0.05) is 24.1 Å². The molecule has 1 aliphatic carbocycles. The molecule has 0 N–H and O–H groups in total. The number of carbonyl (C=O) groups excluding carboxylic acids is 1. The number of carbonyl (C=O) groups is 1. The van der Waals surface area contributed by atoms with Crippen LogP contribution in [0.4, 0.5) is 0 Å². The topological polar surface area (TPSA) is 54.5 Å². The number of nitrogens with zero attached hydrogens (tertiary/aromatic N) is 1. The van der Waals surface area contributed by atoms with E-state index in [2.05, 4.69) is 0 Å². The van der Waals surface area contributed by atoms with Crippen LogP contribution in [-0.2, 0) is 10.0 Å². The van der Waals surface area contributed by atoms with Crippen LogP contribution in [0.5, 0.6) is 0 Å². The molecular formula is C21H21Cl2NO3S. The molecule has 2 aliphatic rings. The smallest absolute Gasteiger partial charge is 0.243 e. The molecule has 2 aromatic carbocycles. The SMILES string of the molecule is Cc1ccc(S(=O)(=O)N2C[C@H]3[C@H](C)[C@@]3(C(Cl)(Cl)C(=O)c3ccccc3)C2)cc1. The summed E-state index contributed by atoms with van der Waals surface area (Å²) in [6.07, 6.45) is 0. The van der Waals surface area contributed by atoms with Gasteiger partial charge in [0.1, 0.15) is 0 Å². The van der Waals surface area contributed by atoms with E-state index in [0.29, 0.717) is 12.1 Å². The number of piperidine rings is 1. The molecule has 28 heavy (non-hydrogen) atoms. The average molecular weight is 438 g/mol. The van der Waals surface area contributed by atoms with E-state index in [1.54, 1.807) is 48.5 Å². The monoisotopic (exact) mass is 437 g/mol. The van der Waals surface area contributed by atoms with Crippen LogP contribution < -0.4 is 0 Å². The van der Waals surface area contributed by atoms with Gasteiger partial charge in [-0.15, -0.1) is 0 Å². The molecule has 0 aromatic heterocycles. The van der Waals surface area contributed by atoms with Crippen molar-refractivity contribution < 1.29 is 13.2 Å². The number of halogens is 2. The first-order chi connectivity index (χ1) is 13.1. The third-order valence-corrected chi connectivity index (χ3v) is 9.24. The van der Waals surface area contributed by atoms with Crippen LogP contribution in [0, 0.1) is 24.2 Å². The van der Waals surface area contributed by atoms with Gasteiger partial charge < -0.3 is 0 Å². The second-order valence-corrected chi connectivity index (χ2v) is 11.1. The number of sulfonamides is 1. The van der Waals surface area contributed by atoms with Crippen LogP contribution in [-0.4, -0.2) is 35.9 Å². The Morgan fingerprint density at radius 1 is 1.11 bits per heavy atom. The second-order valence-electron chi connectivity index (χ2n) is 7.82. The summed E-state index contributed by atoms with van der Waals surface area (Å²) in [5, 5.41) is 0. The Hall–Kier alpha value is -1.40. The van der Waals surface area contributed by atoms with Gasteiger partial charge >= 0.3 is 0 Å². The van der Waals surface area contributed by atoms with Crippen LogP contribution in [0.25, 0.3) is 0 Å². The fourth-order valence-electron chi connectivity index (χ4n) is 4.53. The number of Topliss-reactive ketones (excluding diaryl/α,β-unsaturated/α-hetero) is 1. The summed E-state index contributed by atoms with van der Waals surface area (Å²) in [6.45, 7) is 4.35. The van der Waals surface area contributed by atoms with Gasteiger partial charge in [0.25, 0.3) is 0 Å². The maximum Gasteiger partial charge on any atom is 0.243 e. The van der Waals surface area contributed by atoms with Crippen molar-refractivity contribution in [3.63, 3.8) is 0 Å². The third kappa shape index (κ3) is 2.75. The van der Waals surface area contributed by atoms with Crippen molar-refractivity contribution in [2.45, 2.75) is 23.1 Å². The van der Waals surface area contributed by atoms with Crippen molar-refractivity contribution in [3.05, 3.63) is 65.7 Å². The van der Waals surface area contributed by atoms with Crippen molar-refractivity contribution >= 4 is 39.0 Å². The summed E-state index contributed by atoms with van der Waals surface area (Å²) in [4.78, 5) is 13.3. The molecule has 3 atom stereocenters. The fraction of sp³-hybridized carbons (Fsp3) is 0.381. The summed E-state index contributed by atoms with van der Waals surface area (Å²) < 4.78 is 25.9. The number of aryl methyl sites for hydroxylation is 1. The molecular weight excluding hydrogens is 417 g/mol. The first-order valence-corrected chi connectivity index (χ1v) is 11.4. The van der Waals surface area contributed by atoms with Gasteiger partial charge in [0.2, 0.25) is 10.0 Å². The lowest BCUT2D eigenvalue weighted by Gasteiger charge is -2.30. The summed E-state index contributed by atoms with van der Waals surface area (Å²) >= 11 is 13.4. The number of ketones is 1. The van der Waals surface area contributed by atoms with E-state index >= 15 is 0 Å². The highest BCUT2D eigenvalue weighted by Crippen LogP contribution is 2.72. The Morgan fingerprint density at radius 2 is 1.71 bits per heavy atom. The lowest BCUT2D eigenvalue weighted by Crippen LogP contribution is -2.43. The van der Waals surface area contributed by atoms with Gasteiger partial charge in [-0.05, 0) is 30.9 Å². The zero-order chi connectivity index (χ0) is 20.3. The van der Waals surface area contributed by atoms with E-state index in [1.165, 1.54) is 4.31 Å². The Morgan fingerprint density at radius 3 is 2.32 bits per heavy atom. The van der Waals surface area contributed by atoms with Crippen molar-refractivity contribution in [1.82, 2.24) is 4.31 Å². The first kappa shape index (κ1) is 19.9. The molecule has 2 fully saturated rings. The molecule has 0 spiro atoms. The van der Waals surface area contributed by atoms with Gasteiger partial charge in [-0.2, -0.15) is 4.31 Å². The third-order valence-electron chi connectivity index (χ3n) is 6.37. The van der Waals surface area contributed by atoms with E-state index in [-0.39, 0.29) is 29.1 Å². The Bertz CT molecular complexity index is 1020. The van der Waals surface area contributed by atoms with Crippen LogP contribution in [0.15, 0.2) is 59.5 Å². The summed E-state index contributed by atoms with van der Waals surface area (Å²) in [5.41, 5.74) is 0.641. The summed E-state index contributed by atoms with van der Waals surface area (Å²) in [5.74, 6) is -0.351. The number of alkyl halides is 2. The summed E-state index contributed by atoms with van der Waals surface area (Å²) in [6, 6.07) is 15.4. The number of benzene rings is 2. The van der Waals surface area contributed by atoms with Gasteiger partial charge in [-0.25, -0.2) is 8.42 Å². The van der Waals surface area contributed by atoms with Crippen molar-refractivity contribution in [3.8, 4) is 0 Å². The molecule has 1 heterocycles. The normalized spacial score (nSPS) is 27.4. The van der Waals surface area contributed by atoms with Gasteiger partial charge in [0.05, 0.1) is 4.90 Å². The van der Waals surface area contributed by atoms with E-state index < -0.39 is 19.8 Å². The van der Waals surface area contributed by atoms with Gasteiger partial charge in [-0.1, -0.05) is 78.2 Å². The highest BCUT2D eigenvalue weighted by molar-refractivity contribution is 7.89. The molecule has 1 aliphatic heterocycles. The number of hydrogen-bond acceptors (Lipinski definition) is 3. The van der Waals surface area contributed by atoms with Crippen LogP contribution >= 0.6 is 23.2 Å². The zero-order valence-electron chi connectivity index (χ0n) is 15.6. The molecule has 4 rings (SSSR count). The number of fused-ring (bicyclic) bond motifs is 1. The van der Waals surface area contributed by atoms with Crippen LogP contribution in [0.1, 0.15) is 22.8 Å². The summed E-state index contributed by atoms with van der Waals surface area (Å²) in [7, 11) is -3.67. The Labute approximate surface area is 175 Å². The minimum Gasteiger partial charge on any atom is -0.291 e. The van der Waals surface area contributed by atoms with Gasteiger partial charge in [-0.3, -0.25) is 4.79 Å². The predicted octanol–water partition coefficient (Wildman–Crippen LogP) is 4.31. The molecule has 4 nitrogen and oxygen atoms in total. The van der Waals surface area contributed by atoms with Crippen molar-refractivity contribution in [2.75, 3.05) is 13.1 Å². The molecule has 0 radical (unpaired) electrons. The quantitative estimate of drug-likeness (QED) is 0.517. The zero-order valence-corrected chi connectivity index (χ0v) is 17.9. The lowest BCUT2D eigenvalue weighted by molar-refractivity contribution is 0.0932. The molecule has 2 aromatic rings. The van der Waals surface area contributed by atoms with Crippen LogP contribution in [0.3, 0.4) is 0 Å². The fourth-order valence-corrected chi connectivity index (χ4v) is 7.01. The second kappa shape index (κ2) is 6.56. The molecule has 148 valence electrons. The van der Waals surface area contributed by atoms with E-state index in [4.69, 9.17) is 23.2 Å². The number of rotatable bonds is 5. The molecule has 1 saturated heterocycles. The van der Waals surface area contributed by atoms with E-state index in [9.17, 15) is 13.2 Å². The average Bonchev–Trinajstić information content (AvgIpc) is 3.05. The molecule has 7 heteroatoms. The van der Waals surface area contributed by atoms with Crippen molar-refractivity contribution in [1.29, 1.82) is 0 Å². The molecule has 0 unspecified atom stereocenters. The Kier molecular flexibility index (Phi) is 4.66. The molecule has 1 saturated carbocycles. The highest BCUT2D eigenvalue weighted by atomic mass is 35.5. The van der Waals surface area contributed by atoms with Crippen LogP contribution in [0.2, 0.25) is 0 Å². The molecule has 0 bridgehead atoms. The first-order valence-electron chi connectivity index (χ1n) is 9.17. The maximum absolute atomic E-state index is 13.1. The minimum atomic E-state index is -3.67. The highest BCUT2D eigenvalue weighted by Gasteiger charge is 2.78. The van der Waals surface area contributed by atoms with E-state index in [1.807, 2.05) is 19.9 Å². The van der Waals surface area contributed by atoms with Gasteiger partial charge in [0.15, 0.2) is 10.1 Å². The van der Waals surface area contributed by atoms with Crippen molar-refractivity contribution in [2.24, 2.45) is 17.3 Å². The maximum atomic E-state index is 13.1. The Balaban J connectivity index is 1.64. The predicted molar refractivity (Wildman–Crippen MR) is 110 cm³/mol. The molecule has 0 amide bonds. The minimum absolute atomic E-state index is 0.0459. The number of hydrogen-bond donors (Lipinski definition) is 0. The largest absolute Gasteiger partial charge is 0.291 e. The lowest BCUT2D eigenvalue weighted by atomic mass is 9.92. The standard InChI is InChI=1S/C21H21Cl2NO3S/c1-14-8-10-17(11-9-14)28(26,27)24-12-18-15(2)20(18,13-24)21(22,23)19(25)16-6-4-3-5-7-16/h3-11,15,18H,12-13H2,1-2H3/t15-,18-,20-/m0/s1.